The first-order valence-corrected chi connectivity index (χ1v) is 12.5. The van der Waals surface area contributed by atoms with Crippen molar-refractivity contribution in [1.82, 2.24) is 14.8 Å². The van der Waals surface area contributed by atoms with Crippen LogP contribution in [0.5, 0.6) is 5.75 Å². The number of nitrogens with zero attached hydrogens (tertiary/aromatic N) is 3. The van der Waals surface area contributed by atoms with Gasteiger partial charge in [-0.2, -0.15) is 0 Å². The molecule has 0 radical (unpaired) electrons. The van der Waals surface area contributed by atoms with Crippen LogP contribution in [-0.4, -0.2) is 33.0 Å². The number of anilines is 1. The molecule has 35 heavy (non-hydrogen) atoms. The van der Waals surface area contributed by atoms with Crippen molar-refractivity contribution in [3.05, 3.63) is 82.3 Å². The first-order chi connectivity index (χ1) is 16.9. The molecule has 0 saturated heterocycles. The van der Waals surface area contributed by atoms with Crippen LogP contribution < -0.4 is 10.1 Å². The van der Waals surface area contributed by atoms with Crippen molar-refractivity contribution in [2.75, 3.05) is 17.7 Å². The number of rotatable bonds is 8. The highest BCUT2D eigenvalue weighted by Gasteiger charge is 2.19. The fraction of sp³-hybridized carbons (Fsp3) is 0.160. The van der Waals surface area contributed by atoms with E-state index in [1.54, 1.807) is 0 Å². The zero-order chi connectivity index (χ0) is 24.9. The standard InChI is InChI=1S/C25H21BrF2N4O2S/c1-3-34-19-9-7-18(8-10-19)32-24(16-6-4-5-15(2)11-16)30-31-25(32)35-14-22(33)29-23-20(26)12-17(27)13-21(23)28/h4-13H,3,14H2,1-2H3,(H,29,33). The molecule has 180 valence electrons. The van der Waals surface area contributed by atoms with Crippen molar-refractivity contribution in [1.29, 1.82) is 0 Å². The lowest BCUT2D eigenvalue weighted by Gasteiger charge is -2.12. The fourth-order valence-corrected chi connectivity index (χ4v) is 4.65. The van der Waals surface area contributed by atoms with Gasteiger partial charge in [0.1, 0.15) is 11.6 Å². The zero-order valence-corrected chi connectivity index (χ0v) is 21.3. The van der Waals surface area contributed by atoms with Gasteiger partial charge in [0.2, 0.25) is 5.91 Å². The number of aromatic nitrogens is 3. The number of benzene rings is 3. The summed E-state index contributed by atoms with van der Waals surface area (Å²) in [5.74, 6) is -0.787. The Hall–Kier alpha value is -3.24. The zero-order valence-electron chi connectivity index (χ0n) is 18.9. The number of carbonyl (C=O) groups is 1. The van der Waals surface area contributed by atoms with Crippen molar-refractivity contribution in [3.63, 3.8) is 0 Å². The summed E-state index contributed by atoms with van der Waals surface area (Å²) >= 11 is 4.23. The first kappa shape index (κ1) is 24.9. The number of carbonyl (C=O) groups excluding carboxylic acids is 1. The molecule has 10 heteroatoms. The van der Waals surface area contributed by atoms with Crippen molar-refractivity contribution in [3.8, 4) is 22.8 Å². The molecule has 1 N–H and O–H groups in total. The Morgan fingerprint density at radius 3 is 2.57 bits per heavy atom. The Labute approximate surface area is 213 Å². The van der Waals surface area contributed by atoms with E-state index in [0.29, 0.717) is 23.7 Å². The summed E-state index contributed by atoms with van der Waals surface area (Å²) in [6, 6.07) is 17.2. The molecule has 0 aliphatic carbocycles. The quantitative estimate of drug-likeness (QED) is 0.253. The van der Waals surface area contributed by atoms with Gasteiger partial charge in [0.25, 0.3) is 0 Å². The normalized spacial score (nSPS) is 10.9. The maximum absolute atomic E-state index is 14.1. The Morgan fingerprint density at radius 1 is 1.11 bits per heavy atom. The highest BCUT2D eigenvalue weighted by Crippen LogP contribution is 2.30. The van der Waals surface area contributed by atoms with Crippen molar-refractivity contribution < 1.29 is 18.3 Å². The number of aryl methyl sites for hydroxylation is 1. The lowest BCUT2D eigenvalue weighted by atomic mass is 10.1. The van der Waals surface area contributed by atoms with E-state index in [0.717, 1.165) is 40.4 Å². The third-order valence-electron chi connectivity index (χ3n) is 4.92. The second-order valence-corrected chi connectivity index (χ2v) is 9.32. The maximum Gasteiger partial charge on any atom is 0.234 e. The molecule has 0 bridgehead atoms. The fourth-order valence-electron chi connectivity index (χ4n) is 3.39. The van der Waals surface area contributed by atoms with Crippen LogP contribution in [0.3, 0.4) is 0 Å². The number of nitrogens with one attached hydrogen (secondary N) is 1. The number of thioether (sulfide) groups is 1. The van der Waals surface area contributed by atoms with Gasteiger partial charge in [-0.25, -0.2) is 8.78 Å². The minimum absolute atomic E-state index is 0.0633. The molecule has 1 heterocycles. The minimum Gasteiger partial charge on any atom is -0.494 e. The largest absolute Gasteiger partial charge is 0.494 e. The SMILES string of the molecule is CCOc1ccc(-n2c(SCC(=O)Nc3c(F)cc(F)cc3Br)nnc2-c2cccc(C)c2)cc1. The van der Waals surface area contributed by atoms with E-state index in [2.05, 4.69) is 31.4 Å². The van der Waals surface area contributed by atoms with Gasteiger partial charge in [-0.05, 0) is 66.2 Å². The molecule has 4 rings (SSSR count). The molecule has 3 aromatic carbocycles. The smallest absolute Gasteiger partial charge is 0.234 e. The molecule has 0 aliphatic rings. The Bertz CT molecular complexity index is 1340. The summed E-state index contributed by atoms with van der Waals surface area (Å²) in [7, 11) is 0. The summed E-state index contributed by atoms with van der Waals surface area (Å²) < 4.78 is 35.0. The van der Waals surface area contributed by atoms with Gasteiger partial charge in [0, 0.05) is 21.8 Å². The Kier molecular flexibility index (Phi) is 7.82. The van der Waals surface area contributed by atoms with Gasteiger partial charge in [-0.3, -0.25) is 9.36 Å². The number of hydrogen-bond acceptors (Lipinski definition) is 5. The lowest BCUT2D eigenvalue weighted by molar-refractivity contribution is -0.113. The topological polar surface area (TPSA) is 69.0 Å². The number of amides is 1. The Balaban J connectivity index is 1.61. The number of ether oxygens (including phenoxy) is 1. The molecule has 0 fully saturated rings. The third kappa shape index (κ3) is 5.88. The lowest BCUT2D eigenvalue weighted by Crippen LogP contribution is -2.16. The predicted molar refractivity (Wildman–Crippen MR) is 136 cm³/mol. The van der Waals surface area contributed by atoms with Crippen LogP contribution in [0, 0.1) is 18.6 Å². The second-order valence-electron chi connectivity index (χ2n) is 7.52. The van der Waals surface area contributed by atoms with E-state index in [-0.39, 0.29) is 15.9 Å². The van der Waals surface area contributed by atoms with E-state index in [1.807, 2.05) is 66.9 Å². The van der Waals surface area contributed by atoms with Gasteiger partial charge < -0.3 is 10.1 Å². The van der Waals surface area contributed by atoms with Gasteiger partial charge in [-0.1, -0.05) is 35.5 Å². The highest BCUT2D eigenvalue weighted by atomic mass is 79.9. The van der Waals surface area contributed by atoms with E-state index >= 15 is 0 Å². The van der Waals surface area contributed by atoms with E-state index in [4.69, 9.17) is 4.74 Å². The number of hydrogen-bond donors (Lipinski definition) is 1. The van der Waals surface area contributed by atoms with Gasteiger partial charge in [-0.15, -0.1) is 10.2 Å². The molecule has 6 nitrogen and oxygen atoms in total. The highest BCUT2D eigenvalue weighted by molar-refractivity contribution is 9.10. The minimum atomic E-state index is -0.866. The number of halogens is 3. The molecular weight excluding hydrogens is 538 g/mol. The van der Waals surface area contributed by atoms with Crippen LogP contribution in [-0.2, 0) is 4.79 Å². The van der Waals surface area contributed by atoms with Crippen LogP contribution in [0.1, 0.15) is 12.5 Å². The van der Waals surface area contributed by atoms with Gasteiger partial charge in [0.05, 0.1) is 18.0 Å². The van der Waals surface area contributed by atoms with Crippen LogP contribution in [0.4, 0.5) is 14.5 Å². The average molecular weight is 559 g/mol. The molecule has 0 unspecified atom stereocenters. The molecule has 1 aromatic heterocycles. The Morgan fingerprint density at radius 2 is 1.89 bits per heavy atom. The van der Waals surface area contributed by atoms with Crippen LogP contribution >= 0.6 is 27.7 Å². The van der Waals surface area contributed by atoms with Gasteiger partial charge in [0.15, 0.2) is 16.8 Å². The van der Waals surface area contributed by atoms with Gasteiger partial charge >= 0.3 is 0 Å². The van der Waals surface area contributed by atoms with Crippen molar-refractivity contribution in [2.45, 2.75) is 19.0 Å². The second kappa shape index (κ2) is 11.0. The maximum atomic E-state index is 14.1. The van der Waals surface area contributed by atoms with Crippen LogP contribution in [0.25, 0.3) is 17.1 Å². The molecule has 4 aromatic rings. The summed E-state index contributed by atoms with van der Waals surface area (Å²) in [6.07, 6.45) is 0. The summed E-state index contributed by atoms with van der Waals surface area (Å²) in [5, 5.41) is 11.7. The summed E-state index contributed by atoms with van der Waals surface area (Å²) in [5.41, 5.74) is 2.62. The summed E-state index contributed by atoms with van der Waals surface area (Å²) in [4.78, 5) is 12.6. The average Bonchev–Trinajstić information content (AvgIpc) is 3.25. The van der Waals surface area contributed by atoms with Crippen molar-refractivity contribution >= 4 is 39.3 Å². The van der Waals surface area contributed by atoms with E-state index in [1.165, 1.54) is 0 Å². The molecule has 0 aliphatic heterocycles. The molecule has 0 atom stereocenters. The van der Waals surface area contributed by atoms with E-state index < -0.39 is 17.5 Å². The van der Waals surface area contributed by atoms with Crippen LogP contribution in [0.15, 0.2) is 70.3 Å². The summed E-state index contributed by atoms with van der Waals surface area (Å²) in [6.45, 7) is 4.47. The molecule has 0 saturated carbocycles. The predicted octanol–water partition coefficient (Wildman–Crippen LogP) is 6.41. The van der Waals surface area contributed by atoms with E-state index in [9.17, 15) is 13.6 Å². The van der Waals surface area contributed by atoms with Crippen LogP contribution in [0.2, 0.25) is 0 Å². The third-order valence-corrected chi connectivity index (χ3v) is 6.47. The monoisotopic (exact) mass is 558 g/mol. The molecular formula is C25H21BrF2N4O2S. The first-order valence-electron chi connectivity index (χ1n) is 10.7. The molecule has 0 spiro atoms. The van der Waals surface area contributed by atoms with Crippen molar-refractivity contribution in [2.24, 2.45) is 0 Å². The molecule has 1 amide bonds.